The van der Waals surface area contributed by atoms with Gasteiger partial charge in [0.15, 0.2) is 0 Å². The van der Waals surface area contributed by atoms with Gasteiger partial charge in [-0.2, -0.15) is 0 Å². The van der Waals surface area contributed by atoms with Crippen LogP contribution in [0.4, 0.5) is 5.69 Å². The average molecular weight is 403 g/mol. The van der Waals surface area contributed by atoms with Gasteiger partial charge in [-0.05, 0) is 64.3 Å². The van der Waals surface area contributed by atoms with E-state index in [4.69, 9.17) is 0 Å². The molecule has 1 atom stereocenters. The van der Waals surface area contributed by atoms with Crippen molar-refractivity contribution in [2.45, 2.75) is 39.5 Å². The number of nitrogens with zero attached hydrogens (tertiary/aromatic N) is 2. The molecular weight excluding hydrogens is 372 g/mol. The molecule has 0 aliphatic carbocycles. The SMILES string of the molecule is C=CC(C)=CCN1CN(C)CCC(CC=C(C)C)c2ccc(Br)cc21. The van der Waals surface area contributed by atoms with Crippen molar-refractivity contribution in [2.24, 2.45) is 0 Å². The number of rotatable bonds is 5. The van der Waals surface area contributed by atoms with Gasteiger partial charge in [0, 0.05) is 23.2 Å². The van der Waals surface area contributed by atoms with Gasteiger partial charge in [0.2, 0.25) is 0 Å². The van der Waals surface area contributed by atoms with Crippen LogP contribution >= 0.6 is 15.9 Å². The second-order valence-electron chi connectivity index (χ2n) is 7.30. The first-order valence-electron chi connectivity index (χ1n) is 9.06. The van der Waals surface area contributed by atoms with E-state index in [0.29, 0.717) is 5.92 Å². The Kier molecular flexibility index (Phi) is 7.52. The molecule has 0 aromatic heterocycles. The largest absolute Gasteiger partial charge is 0.355 e. The first-order chi connectivity index (χ1) is 11.9. The van der Waals surface area contributed by atoms with Gasteiger partial charge < -0.3 is 4.90 Å². The summed E-state index contributed by atoms with van der Waals surface area (Å²) in [5, 5.41) is 0. The highest BCUT2D eigenvalue weighted by molar-refractivity contribution is 9.10. The highest BCUT2D eigenvalue weighted by Gasteiger charge is 2.22. The van der Waals surface area contributed by atoms with Gasteiger partial charge in [-0.15, -0.1) is 0 Å². The normalized spacial score (nSPS) is 19.0. The van der Waals surface area contributed by atoms with Gasteiger partial charge in [0.05, 0.1) is 6.67 Å². The Morgan fingerprint density at radius 2 is 2.04 bits per heavy atom. The number of anilines is 1. The molecule has 0 fully saturated rings. The lowest BCUT2D eigenvalue weighted by Crippen LogP contribution is -2.39. The second kappa shape index (κ2) is 9.40. The predicted octanol–water partition coefficient (Wildman–Crippen LogP) is 6.12. The molecule has 25 heavy (non-hydrogen) atoms. The van der Waals surface area contributed by atoms with Crippen LogP contribution in [0, 0.1) is 0 Å². The van der Waals surface area contributed by atoms with E-state index in [1.165, 1.54) is 28.8 Å². The van der Waals surface area contributed by atoms with Crippen LogP contribution in [0.3, 0.4) is 0 Å². The van der Waals surface area contributed by atoms with Gasteiger partial charge in [-0.3, -0.25) is 4.90 Å². The van der Waals surface area contributed by atoms with Gasteiger partial charge in [0.25, 0.3) is 0 Å². The van der Waals surface area contributed by atoms with E-state index in [1.54, 1.807) is 0 Å². The molecule has 1 aromatic carbocycles. The first kappa shape index (κ1) is 20.0. The Bertz CT molecular complexity index is 656. The zero-order valence-electron chi connectivity index (χ0n) is 16.1. The van der Waals surface area contributed by atoms with Crippen LogP contribution in [0.2, 0.25) is 0 Å². The molecule has 1 aliphatic heterocycles. The summed E-state index contributed by atoms with van der Waals surface area (Å²) in [6.07, 6.45) is 8.88. The summed E-state index contributed by atoms with van der Waals surface area (Å²) >= 11 is 3.67. The van der Waals surface area contributed by atoms with E-state index < -0.39 is 0 Å². The highest BCUT2D eigenvalue weighted by atomic mass is 79.9. The maximum atomic E-state index is 3.87. The number of hydrogen-bond donors (Lipinski definition) is 0. The molecule has 1 aliphatic rings. The van der Waals surface area contributed by atoms with E-state index in [9.17, 15) is 0 Å². The fourth-order valence-corrected chi connectivity index (χ4v) is 3.57. The molecule has 1 aromatic rings. The smallest absolute Gasteiger partial charge is 0.0708 e. The molecule has 0 spiro atoms. The second-order valence-corrected chi connectivity index (χ2v) is 8.22. The molecule has 1 unspecified atom stereocenters. The lowest BCUT2D eigenvalue weighted by molar-refractivity contribution is 0.311. The summed E-state index contributed by atoms with van der Waals surface area (Å²) in [7, 11) is 2.22. The lowest BCUT2D eigenvalue weighted by atomic mass is 9.89. The Balaban J connectivity index is 2.42. The molecule has 0 saturated carbocycles. The zero-order valence-corrected chi connectivity index (χ0v) is 17.6. The maximum absolute atomic E-state index is 3.87. The van der Waals surface area contributed by atoms with Crippen LogP contribution in [0.1, 0.15) is 45.1 Å². The fraction of sp³-hybridized carbons (Fsp3) is 0.455. The van der Waals surface area contributed by atoms with Crippen LogP contribution in [0.15, 0.2) is 58.6 Å². The predicted molar refractivity (Wildman–Crippen MR) is 114 cm³/mol. The molecule has 136 valence electrons. The van der Waals surface area contributed by atoms with E-state index in [1.807, 2.05) is 6.08 Å². The summed E-state index contributed by atoms with van der Waals surface area (Å²) in [6, 6.07) is 6.77. The molecule has 2 nitrogen and oxygen atoms in total. The topological polar surface area (TPSA) is 6.48 Å². The van der Waals surface area contributed by atoms with Crippen LogP contribution in [-0.4, -0.2) is 31.7 Å². The Labute approximate surface area is 162 Å². The van der Waals surface area contributed by atoms with Crippen molar-refractivity contribution in [3.8, 4) is 0 Å². The van der Waals surface area contributed by atoms with Crippen molar-refractivity contribution in [2.75, 3.05) is 31.7 Å². The molecule has 0 bridgehead atoms. The summed E-state index contributed by atoms with van der Waals surface area (Å²) in [6.45, 7) is 13.3. The molecule has 0 saturated heterocycles. The molecule has 1 heterocycles. The van der Waals surface area contributed by atoms with Gasteiger partial charge in [-0.25, -0.2) is 0 Å². The van der Waals surface area contributed by atoms with Gasteiger partial charge in [0.1, 0.15) is 0 Å². The Hall–Kier alpha value is -1.32. The number of fused-ring (bicyclic) bond motifs is 1. The van der Waals surface area contributed by atoms with Gasteiger partial charge in [-0.1, -0.05) is 57.9 Å². The first-order valence-corrected chi connectivity index (χ1v) is 9.85. The van der Waals surface area contributed by atoms with Crippen molar-refractivity contribution < 1.29 is 0 Å². The van der Waals surface area contributed by atoms with E-state index in [0.717, 1.165) is 30.7 Å². The van der Waals surface area contributed by atoms with Crippen LogP contribution in [0.5, 0.6) is 0 Å². The quantitative estimate of drug-likeness (QED) is 0.432. The monoisotopic (exact) mass is 402 g/mol. The van der Waals surface area contributed by atoms with E-state index in [-0.39, 0.29) is 0 Å². The summed E-state index contributed by atoms with van der Waals surface area (Å²) < 4.78 is 1.14. The standard InChI is InChI=1S/C22H31BrN2/c1-6-18(4)11-14-25-16-24(5)13-12-19(8-7-17(2)3)21-10-9-20(23)15-22(21)25/h6-7,9-11,15,19H,1,8,12-14,16H2,2-5H3. The minimum Gasteiger partial charge on any atom is -0.355 e. The summed E-state index contributed by atoms with van der Waals surface area (Å²) in [5.74, 6) is 0.563. The van der Waals surface area contributed by atoms with Crippen molar-refractivity contribution >= 4 is 21.6 Å². The van der Waals surface area contributed by atoms with Crippen molar-refractivity contribution in [1.82, 2.24) is 4.90 Å². The van der Waals surface area contributed by atoms with Crippen LogP contribution in [0.25, 0.3) is 0 Å². The molecular formula is C22H31BrN2. The van der Waals surface area contributed by atoms with Crippen molar-refractivity contribution in [1.29, 1.82) is 0 Å². The van der Waals surface area contributed by atoms with Crippen molar-refractivity contribution in [3.63, 3.8) is 0 Å². The highest BCUT2D eigenvalue weighted by Crippen LogP contribution is 2.36. The minimum absolute atomic E-state index is 0.563. The van der Waals surface area contributed by atoms with E-state index >= 15 is 0 Å². The summed E-state index contributed by atoms with van der Waals surface area (Å²) in [4.78, 5) is 4.90. The van der Waals surface area contributed by atoms with Crippen molar-refractivity contribution in [3.05, 3.63) is 64.2 Å². The van der Waals surface area contributed by atoms with E-state index in [2.05, 4.69) is 90.5 Å². The third-order valence-electron chi connectivity index (χ3n) is 4.81. The minimum atomic E-state index is 0.563. The Morgan fingerprint density at radius 3 is 2.72 bits per heavy atom. The number of hydrogen-bond acceptors (Lipinski definition) is 2. The fourth-order valence-electron chi connectivity index (χ4n) is 3.22. The third kappa shape index (κ3) is 5.86. The van der Waals surface area contributed by atoms with Gasteiger partial charge >= 0.3 is 0 Å². The number of allylic oxidation sites excluding steroid dienone is 4. The zero-order chi connectivity index (χ0) is 18.4. The van der Waals surface area contributed by atoms with Crippen LogP contribution < -0.4 is 4.90 Å². The Morgan fingerprint density at radius 1 is 1.28 bits per heavy atom. The number of halogens is 1. The third-order valence-corrected chi connectivity index (χ3v) is 5.30. The summed E-state index contributed by atoms with van der Waals surface area (Å²) in [5.41, 5.74) is 5.44. The number of benzene rings is 1. The molecule has 0 N–H and O–H groups in total. The molecule has 0 radical (unpaired) electrons. The molecule has 3 heteroatoms. The lowest BCUT2D eigenvalue weighted by Gasteiger charge is -2.36. The molecule has 0 amide bonds. The average Bonchev–Trinajstić information content (AvgIpc) is 2.57. The molecule has 2 rings (SSSR count). The van der Waals surface area contributed by atoms with Crippen LogP contribution in [-0.2, 0) is 0 Å². The maximum Gasteiger partial charge on any atom is 0.0708 e.